The van der Waals surface area contributed by atoms with E-state index in [1.165, 1.54) is 18.5 Å². The second-order valence-electron chi connectivity index (χ2n) is 4.51. The predicted molar refractivity (Wildman–Crippen MR) is 93.1 cm³/mol. The third kappa shape index (κ3) is 5.56. The van der Waals surface area contributed by atoms with Gasteiger partial charge in [0.15, 0.2) is 0 Å². The molecule has 1 N–H and O–H groups in total. The number of methoxy groups -OCH3 is 1. The number of ether oxygens (including phenoxy) is 1. The Balaban J connectivity index is 1.70. The topological polar surface area (TPSA) is 21.3 Å². The summed E-state index contributed by atoms with van der Waals surface area (Å²) in [5.74, 6) is 0.943. The summed E-state index contributed by atoms with van der Waals surface area (Å²) in [5.41, 5.74) is 1.40. The van der Waals surface area contributed by atoms with Gasteiger partial charge in [-0.25, -0.2) is 0 Å². The van der Waals surface area contributed by atoms with E-state index >= 15 is 0 Å². The minimum atomic E-state index is -0.0920. The quantitative estimate of drug-likeness (QED) is 0.407. The van der Waals surface area contributed by atoms with Crippen LogP contribution in [0.5, 0.6) is 5.75 Å². The molecule has 0 aliphatic carbocycles. The van der Waals surface area contributed by atoms with Crippen LogP contribution in [0.4, 0.5) is 0 Å². The van der Waals surface area contributed by atoms with Gasteiger partial charge in [0.05, 0.1) is 0 Å². The normalized spacial score (nSPS) is 10.6. The van der Waals surface area contributed by atoms with Gasteiger partial charge in [0.2, 0.25) is 0 Å². The van der Waals surface area contributed by atoms with E-state index in [0.717, 1.165) is 18.8 Å². The summed E-state index contributed by atoms with van der Waals surface area (Å²) in [6, 6.07) is 17.1. The van der Waals surface area contributed by atoms with Gasteiger partial charge in [0.1, 0.15) is 0 Å². The summed E-state index contributed by atoms with van der Waals surface area (Å²) in [7, 11) is 1.71. The van der Waals surface area contributed by atoms with Gasteiger partial charge in [-0.2, -0.15) is 0 Å². The van der Waals surface area contributed by atoms with Crippen molar-refractivity contribution in [3.05, 3.63) is 54.1 Å². The predicted octanol–water partition coefficient (Wildman–Crippen LogP) is 2.95. The Morgan fingerprint density at radius 3 is 2.57 bits per heavy atom. The molecule has 0 bridgehead atoms. The first-order chi connectivity index (χ1) is 10.3. The van der Waals surface area contributed by atoms with Gasteiger partial charge < -0.3 is 0 Å². The summed E-state index contributed by atoms with van der Waals surface area (Å²) >= 11 is 1.72. The molecule has 21 heavy (non-hydrogen) atoms. The Hall–Kier alpha value is -0.660. The molecule has 0 spiro atoms. The van der Waals surface area contributed by atoms with Crippen molar-refractivity contribution in [2.24, 2.45) is 0 Å². The maximum absolute atomic E-state index is 5.18. The molecule has 0 aromatic heterocycles. The third-order valence-corrected chi connectivity index (χ3v) is 6.85. The van der Waals surface area contributed by atoms with Crippen LogP contribution in [0.15, 0.2) is 53.4 Å². The van der Waals surface area contributed by atoms with Gasteiger partial charge in [-0.05, 0) is 0 Å². The first-order valence-electron chi connectivity index (χ1n) is 6.93. The Morgan fingerprint density at radius 2 is 1.86 bits per heavy atom. The van der Waals surface area contributed by atoms with E-state index in [9.17, 15) is 0 Å². The second kappa shape index (κ2) is 9.38. The van der Waals surface area contributed by atoms with Crippen molar-refractivity contribution in [1.29, 1.82) is 0 Å². The van der Waals surface area contributed by atoms with Crippen molar-refractivity contribution in [2.45, 2.75) is 15.9 Å². The van der Waals surface area contributed by atoms with Crippen LogP contribution in [-0.2, 0) is 6.54 Å². The molecule has 0 saturated carbocycles. The molecule has 0 aliphatic rings. The molecular weight excluding hydrogens is 394 g/mol. The Kier molecular flexibility index (Phi) is 7.46. The fourth-order valence-electron chi connectivity index (χ4n) is 1.99. The number of benzene rings is 2. The SMILES string of the molecule is COc1ccc([Te]CCNCc2ccccc2SC)cc1. The van der Waals surface area contributed by atoms with Crippen LogP contribution in [0.2, 0.25) is 4.47 Å². The van der Waals surface area contributed by atoms with Gasteiger partial charge in [-0.3, -0.25) is 0 Å². The number of rotatable bonds is 8. The van der Waals surface area contributed by atoms with Crippen LogP contribution in [0.3, 0.4) is 0 Å². The van der Waals surface area contributed by atoms with Crippen molar-refractivity contribution < 1.29 is 4.74 Å². The molecule has 2 aromatic rings. The number of hydrogen-bond donors (Lipinski definition) is 1. The third-order valence-electron chi connectivity index (χ3n) is 3.11. The van der Waals surface area contributed by atoms with Gasteiger partial charge in [0.25, 0.3) is 0 Å². The van der Waals surface area contributed by atoms with Crippen LogP contribution in [0.1, 0.15) is 5.56 Å². The van der Waals surface area contributed by atoms with Gasteiger partial charge >= 0.3 is 142 Å². The molecule has 0 aliphatic heterocycles. The zero-order chi connectivity index (χ0) is 14.9. The van der Waals surface area contributed by atoms with E-state index in [1.54, 1.807) is 7.11 Å². The van der Waals surface area contributed by atoms with Gasteiger partial charge in [-0.15, -0.1) is 0 Å². The minimum absolute atomic E-state index is 0.0920. The number of hydrogen-bond acceptors (Lipinski definition) is 3. The molecular formula is C17H21NOSTe. The molecule has 0 atom stereocenters. The Labute approximate surface area is 141 Å². The Bertz CT molecular complexity index is 545. The molecule has 0 heterocycles. The summed E-state index contributed by atoms with van der Waals surface area (Å²) in [5, 5.41) is 3.56. The summed E-state index contributed by atoms with van der Waals surface area (Å²) in [6.07, 6.45) is 2.13. The fourth-order valence-corrected chi connectivity index (χ4v) is 4.92. The van der Waals surface area contributed by atoms with E-state index in [0.29, 0.717) is 0 Å². The van der Waals surface area contributed by atoms with Crippen molar-refractivity contribution in [1.82, 2.24) is 5.32 Å². The number of nitrogens with one attached hydrogen (secondary N) is 1. The van der Waals surface area contributed by atoms with E-state index in [-0.39, 0.29) is 20.9 Å². The van der Waals surface area contributed by atoms with Gasteiger partial charge in [-0.1, -0.05) is 0 Å². The molecule has 112 valence electrons. The second-order valence-corrected chi connectivity index (χ2v) is 8.70. The Morgan fingerprint density at radius 1 is 1.10 bits per heavy atom. The van der Waals surface area contributed by atoms with Crippen LogP contribution >= 0.6 is 11.8 Å². The van der Waals surface area contributed by atoms with Crippen LogP contribution < -0.4 is 13.7 Å². The van der Waals surface area contributed by atoms with Gasteiger partial charge in [0, 0.05) is 0 Å². The molecule has 0 amide bonds. The monoisotopic (exact) mass is 417 g/mol. The molecule has 0 unspecified atom stereocenters. The maximum atomic E-state index is 5.18. The van der Waals surface area contributed by atoms with Crippen molar-refractivity contribution >= 4 is 36.3 Å². The molecule has 2 aromatic carbocycles. The van der Waals surface area contributed by atoms with Crippen molar-refractivity contribution in [3.8, 4) is 5.75 Å². The first kappa shape index (κ1) is 16.7. The average molecular weight is 415 g/mol. The number of thioether (sulfide) groups is 1. The molecule has 2 nitrogen and oxygen atoms in total. The zero-order valence-electron chi connectivity index (χ0n) is 12.5. The van der Waals surface area contributed by atoms with Crippen LogP contribution in [0, 0.1) is 0 Å². The summed E-state index contributed by atoms with van der Waals surface area (Å²) in [4.78, 5) is 1.37. The summed E-state index contributed by atoms with van der Waals surface area (Å²) in [6.45, 7) is 2.06. The van der Waals surface area contributed by atoms with E-state index in [4.69, 9.17) is 4.74 Å². The molecule has 0 fully saturated rings. The standard InChI is InChI=1S/C17H21NOSTe/c1-19-15-7-9-16(10-8-15)21-12-11-18-13-14-5-3-4-6-17(14)20-2/h3-10,18H,11-13H2,1-2H3. The van der Waals surface area contributed by atoms with Crippen LogP contribution in [0.25, 0.3) is 0 Å². The molecule has 0 radical (unpaired) electrons. The van der Waals surface area contributed by atoms with E-state index in [1.807, 2.05) is 11.8 Å². The van der Waals surface area contributed by atoms with E-state index in [2.05, 4.69) is 60.1 Å². The fraction of sp³-hybridized carbons (Fsp3) is 0.294. The van der Waals surface area contributed by atoms with E-state index < -0.39 is 0 Å². The van der Waals surface area contributed by atoms with Crippen molar-refractivity contribution in [2.75, 3.05) is 19.9 Å². The first-order valence-corrected chi connectivity index (χ1v) is 11.0. The molecule has 4 heteroatoms. The molecule has 0 saturated heterocycles. The molecule has 2 rings (SSSR count). The zero-order valence-corrected chi connectivity index (χ0v) is 15.6. The van der Waals surface area contributed by atoms with Crippen molar-refractivity contribution in [3.63, 3.8) is 0 Å². The summed E-state index contributed by atoms with van der Waals surface area (Å²) < 4.78 is 7.95. The van der Waals surface area contributed by atoms with Crippen LogP contribution in [-0.4, -0.2) is 40.8 Å². The average Bonchev–Trinajstić information content (AvgIpc) is 2.55.